The van der Waals surface area contributed by atoms with Crippen LogP contribution in [0, 0.1) is 29.1 Å². The summed E-state index contributed by atoms with van der Waals surface area (Å²) in [5.41, 5.74) is 2.34. The molecule has 128 valence electrons. The topological polar surface area (TPSA) is 46.5 Å². The van der Waals surface area contributed by atoms with Crippen molar-refractivity contribution in [1.82, 2.24) is 0 Å². The summed E-state index contributed by atoms with van der Waals surface area (Å²) in [6.45, 7) is 7.24. The van der Waals surface area contributed by atoms with E-state index in [2.05, 4.69) is 32.9 Å². The van der Waals surface area contributed by atoms with Gasteiger partial charge in [0.2, 0.25) is 0 Å². The van der Waals surface area contributed by atoms with Crippen molar-refractivity contribution in [2.24, 2.45) is 29.1 Å². The number of cyclic esters (lactones) is 1. The van der Waals surface area contributed by atoms with Crippen LogP contribution in [0.4, 0.5) is 0 Å². The smallest absolute Gasteiger partial charge is 0.334 e. The Hall–Kier alpha value is -1.09. The Labute approximate surface area is 139 Å². The lowest BCUT2D eigenvalue weighted by molar-refractivity contribution is -0.135. The van der Waals surface area contributed by atoms with Gasteiger partial charge in [-0.1, -0.05) is 31.6 Å². The van der Waals surface area contributed by atoms with E-state index in [-0.39, 0.29) is 18.0 Å². The fraction of sp³-hybridized carbons (Fsp3) is 0.750. The van der Waals surface area contributed by atoms with E-state index in [9.17, 15) is 9.90 Å². The molecule has 0 aromatic carbocycles. The van der Waals surface area contributed by atoms with E-state index >= 15 is 0 Å². The Morgan fingerprint density at radius 3 is 2.91 bits per heavy atom. The molecule has 0 spiro atoms. The first kappa shape index (κ1) is 16.8. The Balaban J connectivity index is 1.80. The molecule has 1 N–H and O–H groups in total. The van der Waals surface area contributed by atoms with Crippen LogP contribution in [0.2, 0.25) is 0 Å². The van der Waals surface area contributed by atoms with Crippen LogP contribution < -0.4 is 0 Å². The number of esters is 1. The third-order valence-electron chi connectivity index (χ3n) is 6.24. The van der Waals surface area contributed by atoms with Gasteiger partial charge in [0.25, 0.3) is 0 Å². The van der Waals surface area contributed by atoms with Crippen molar-refractivity contribution in [3.05, 3.63) is 23.3 Å². The van der Waals surface area contributed by atoms with Gasteiger partial charge in [0, 0.05) is 18.1 Å². The Bertz CT molecular complexity index is 529. The number of rotatable bonds is 4. The third-order valence-corrected chi connectivity index (χ3v) is 6.24. The first-order valence-electron chi connectivity index (χ1n) is 9.07. The molecule has 4 atom stereocenters. The molecule has 3 rings (SSSR count). The molecule has 0 aromatic heterocycles. The number of carbonyl (C=O) groups is 1. The fourth-order valence-electron chi connectivity index (χ4n) is 4.73. The lowest BCUT2D eigenvalue weighted by Crippen LogP contribution is -2.26. The van der Waals surface area contributed by atoms with Crippen molar-refractivity contribution >= 4 is 5.97 Å². The molecule has 0 radical (unpaired) electrons. The van der Waals surface area contributed by atoms with Crippen molar-refractivity contribution in [2.75, 3.05) is 13.2 Å². The lowest BCUT2D eigenvalue weighted by atomic mass is 9.74. The zero-order valence-electron chi connectivity index (χ0n) is 14.7. The summed E-state index contributed by atoms with van der Waals surface area (Å²) in [7, 11) is 0. The molecule has 23 heavy (non-hydrogen) atoms. The highest BCUT2D eigenvalue weighted by Crippen LogP contribution is 2.52. The SMILES string of the molecule is C/C(=C\CC(C)(C)CO)[C@H]1CC[C@@H]2CCC=C3C(=O)OC[C@@H]3[C@H]21. The van der Waals surface area contributed by atoms with Gasteiger partial charge in [0.05, 0.1) is 6.61 Å². The Morgan fingerprint density at radius 2 is 2.17 bits per heavy atom. The second-order valence-corrected chi connectivity index (χ2v) is 8.44. The van der Waals surface area contributed by atoms with Gasteiger partial charge in [0.15, 0.2) is 0 Å². The predicted octanol–water partition coefficient (Wildman–Crippen LogP) is 3.88. The number of hydrogen-bond acceptors (Lipinski definition) is 3. The largest absolute Gasteiger partial charge is 0.462 e. The number of allylic oxidation sites excluding steroid dienone is 3. The highest BCUT2D eigenvalue weighted by molar-refractivity contribution is 5.91. The maximum absolute atomic E-state index is 12.0. The van der Waals surface area contributed by atoms with Crippen molar-refractivity contribution in [3.63, 3.8) is 0 Å². The Kier molecular flexibility index (Phi) is 4.68. The van der Waals surface area contributed by atoms with Gasteiger partial charge in [-0.05, 0) is 62.2 Å². The fourth-order valence-corrected chi connectivity index (χ4v) is 4.73. The van der Waals surface area contributed by atoms with Crippen molar-refractivity contribution < 1.29 is 14.6 Å². The molecule has 1 aliphatic heterocycles. The number of fused-ring (bicyclic) bond motifs is 3. The lowest BCUT2D eigenvalue weighted by Gasteiger charge is -2.29. The highest BCUT2D eigenvalue weighted by atomic mass is 16.5. The third kappa shape index (κ3) is 3.26. The van der Waals surface area contributed by atoms with Crippen LogP contribution >= 0.6 is 0 Å². The molecule has 1 heterocycles. The van der Waals surface area contributed by atoms with Gasteiger partial charge in [-0.25, -0.2) is 4.79 Å². The van der Waals surface area contributed by atoms with Gasteiger partial charge < -0.3 is 9.84 Å². The van der Waals surface area contributed by atoms with Gasteiger partial charge in [-0.2, -0.15) is 0 Å². The van der Waals surface area contributed by atoms with Gasteiger partial charge in [-0.15, -0.1) is 0 Å². The Morgan fingerprint density at radius 1 is 1.39 bits per heavy atom. The molecule has 1 saturated heterocycles. The summed E-state index contributed by atoms with van der Waals surface area (Å²) in [6, 6.07) is 0. The van der Waals surface area contributed by atoms with Crippen LogP contribution in [0.25, 0.3) is 0 Å². The van der Waals surface area contributed by atoms with Crippen molar-refractivity contribution in [1.29, 1.82) is 0 Å². The van der Waals surface area contributed by atoms with E-state index in [0.717, 1.165) is 24.3 Å². The number of aliphatic hydroxyl groups excluding tert-OH is 1. The summed E-state index contributed by atoms with van der Waals surface area (Å²) < 4.78 is 5.36. The van der Waals surface area contributed by atoms with Crippen LogP contribution in [0.1, 0.15) is 52.9 Å². The van der Waals surface area contributed by atoms with Crippen molar-refractivity contribution in [2.45, 2.75) is 52.9 Å². The van der Waals surface area contributed by atoms with Gasteiger partial charge in [0.1, 0.15) is 0 Å². The van der Waals surface area contributed by atoms with E-state index in [1.165, 1.54) is 24.8 Å². The summed E-state index contributed by atoms with van der Waals surface area (Å²) in [4.78, 5) is 12.0. The van der Waals surface area contributed by atoms with Crippen LogP contribution in [0.3, 0.4) is 0 Å². The molecule has 2 fully saturated rings. The normalized spacial score (nSPS) is 34.5. The zero-order valence-corrected chi connectivity index (χ0v) is 14.7. The number of hydrogen-bond donors (Lipinski definition) is 1. The number of aliphatic hydroxyl groups is 1. The van der Waals surface area contributed by atoms with E-state index in [1.54, 1.807) is 0 Å². The number of ether oxygens (including phenoxy) is 1. The molecular weight excluding hydrogens is 288 g/mol. The minimum Gasteiger partial charge on any atom is -0.462 e. The van der Waals surface area contributed by atoms with E-state index in [4.69, 9.17) is 4.74 Å². The predicted molar refractivity (Wildman–Crippen MR) is 90.7 cm³/mol. The molecule has 3 heteroatoms. The summed E-state index contributed by atoms with van der Waals surface area (Å²) in [6.07, 6.45) is 10.1. The zero-order chi connectivity index (χ0) is 16.6. The monoisotopic (exact) mass is 318 g/mol. The van der Waals surface area contributed by atoms with Crippen LogP contribution in [0.15, 0.2) is 23.3 Å². The van der Waals surface area contributed by atoms with Gasteiger partial charge >= 0.3 is 5.97 Å². The summed E-state index contributed by atoms with van der Waals surface area (Å²) >= 11 is 0. The molecule has 2 aliphatic carbocycles. The average Bonchev–Trinajstić information content (AvgIpc) is 3.04. The first-order chi connectivity index (χ1) is 10.9. The average molecular weight is 318 g/mol. The minimum absolute atomic E-state index is 0.0553. The van der Waals surface area contributed by atoms with E-state index in [0.29, 0.717) is 24.4 Å². The molecule has 1 saturated carbocycles. The number of carbonyl (C=O) groups excluding carboxylic acids is 1. The first-order valence-corrected chi connectivity index (χ1v) is 9.07. The molecular formula is C20H30O3. The van der Waals surface area contributed by atoms with E-state index < -0.39 is 0 Å². The molecule has 0 amide bonds. The molecule has 0 bridgehead atoms. The van der Waals surface area contributed by atoms with Crippen molar-refractivity contribution in [3.8, 4) is 0 Å². The van der Waals surface area contributed by atoms with Crippen LogP contribution in [0.5, 0.6) is 0 Å². The van der Waals surface area contributed by atoms with Crippen LogP contribution in [-0.4, -0.2) is 24.3 Å². The molecule has 3 nitrogen and oxygen atoms in total. The van der Waals surface area contributed by atoms with Gasteiger partial charge in [-0.3, -0.25) is 0 Å². The second kappa shape index (κ2) is 6.43. The van der Waals surface area contributed by atoms with E-state index in [1.807, 2.05) is 0 Å². The van der Waals surface area contributed by atoms with Crippen LogP contribution in [-0.2, 0) is 9.53 Å². The second-order valence-electron chi connectivity index (χ2n) is 8.44. The standard InChI is InChI=1S/C20H30O3/c1-13(9-10-20(2,3)12-21)15-8-7-14-5-4-6-16-17(18(14)15)11-23-19(16)22/h6,9,14-15,17-18,21H,4-5,7-8,10-12H2,1-3H3/b13-9+/t14-,15+,17-,18+/m0/s1. The molecule has 3 aliphatic rings. The maximum Gasteiger partial charge on any atom is 0.334 e. The summed E-state index contributed by atoms with van der Waals surface area (Å²) in [5.74, 6) is 2.07. The maximum atomic E-state index is 12.0. The summed E-state index contributed by atoms with van der Waals surface area (Å²) in [5, 5.41) is 9.46. The molecule has 0 unspecified atom stereocenters. The highest BCUT2D eigenvalue weighted by Gasteiger charge is 2.47. The minimum atomic E-state index is -0.0793. The quantitative estimate of drug-likeness (QED) is 0.632. The molecule has 0 aromatic rings.